The van der Waals surface area contributed by atoms with Crippen LogP contribution in [0.25, 0.3) is 33.8 Å². The quantitative estimate of drug-likeness (QED) is 0.238. The number of hydrogen-bond donors (Lipinski definition) is 0. The first-order valence-corrected chi connectivity index (χ1v) is 10.5. The van der Waals surface area contributed by atoms with Crippen LogP contribution in [0.2, 0.25) is 0 Å². The molecule has 5 rings (SSSR count). The second-order valence-electron chi connectivity index (χ2n) is 7.70. The zero-order chi connectivity index (χ0) is 19.3. The molecule has 1 heterocycles. The number of hydrogen-bond acceptors (Lipinski definition) is 2. The molecular formula is C25H19IN2. The Morgan fingerprint density at radius 2 is 1.39 bits per heavy atom. The van der Waals surface area contributed by atoms with E-state index < -0.39 is 0 Å². The van der Waals surface area contributed by atoms with Crippen LogP contribution in [0, 0.1) is 3.70 Å². The van der Waals surface area contributed by atoms with Gasteiger partial charge in [0.25, 0.3) is 0 Å². The molecular weight excluding hydrogens is 455 g/mol. The molecule has 0 N–H and O–H groups in total. The zero-order valence-corrected chi connectivity index (χ0v) is 17.9. The molecule has 3 heteroatoms. The number of nitrogens with zero attached hydrogens (tertiary/aromatic N) is 2. The van der Waals surface area contributed by atoms with Gasteiger partial charge in [0.15, 0.2) is 5.82 Å². The van der Waals surface area contributed by atoms with E-state index in [9.17, 15) is 0 Å². The maximum atomic E-state index is 4.88. The van der Waals surface area contributed by atoms with Crippen molar-refractivity contribution in [3.63, 3.8) is 0 Å². The van der Waals surface area contributed by atoms with Crippen LogP contribution in [-0.4, -0.2) is 9.97 Å². The molecule has 1 aliphatic carbocycles. The van der Waals surface area contributed by atoms with Gasteiger partial charge >= 0.3 is 0 Å². The number of benzene rings is 3. The van der Waals surface area contributed by atoms with Crippen LogP contribution in [0.3, 0.4) is 0 Å². The highest BCUT2D eigenvalue weighted by molar-refractivity contribution is 14.1. The first-order valence-electron chi connectivity index (χ1n) is 9.39. The summed E-state index contributed by atoms with van der Waals surface area (Å²) >= 11 is 2.28. The smallest absolute Gasteiger partial charge is 0.160 e. The van der Waals surface area contributed by atoms with E-state index in [2.05, 4.69) is 91.0 Å². The molecule has 0 spiro atoms. The van der Waals surface area contributed by atoms with E-state index in [1.807, 2.05) is 24.3 Å². The normalized spacial score (nSPS) is 13.8. The largest absolute Gasteiger partial charge is 0.228 e. The third kappa shape index (κ3) is 2.76. The van der Waals surface area contributed by atoms with Gasteiger partial charge in [-0.3, -0.25) is 0 Å². The molecule has 1 aliphatic rings. The monoisotopic (exact) mass is 474 g/mol. The molecule has 0 aliphatic heterocycles. The highest BCUT2D eigenvalue weighted by atomic mass is 127. The van der Waals surface area contributed by atoms with Crippen LogP contribution < -0.4 is 0 Å². The minimum absolute atomic E-state index is 0.0217. The van der Waals surface area contributed by atoms with Crippen molar-refractivity contribution in [2.45, 2.75) is 19.3 Å². The summed E-state index contributed by atoms with van der Waals surface area (Å²) in [6.45, 7) is 4.60. The molecule has 0 unspecified atom stereocenters. The summed E-state index contributed by atoms with van der Waals surface area (Å²) in [5.74, 6) is 0.778. The fourth-order valence-corrected chi connectivity index (χ4v) is 4.67. The Labute approximate surface area is 178 Å². The lowest BCUT2D eigenvalue weighted by molar-refractivity contribution is 0.660. The van der Waals surface area contributed by atoms with Gasteiger partial charge in [-0.25, -0.2) is 9.97 Å². The number of fused-ring (bicyclic) bond motifs is 3. The lowest BCUT2D eigenvalue weighted by atomic mass is 9.82. The topological polar surface area (TPSA) is 25.8 Å². The summed E-state index contributed by atoms with van der Waals surface area (Å²) in [4.78, 5) is 9.61. The van der Waals surface area contributed by atoms with Crippen molar-refractivity contribution in [3.8, 4) is 33.8 Å². The van der Waals surface area contributed by atoms with E-state index in [4.69, 9.17) is 9.97 Å². The summed E-state index contributed by atoms with van der Waals surface area (Å²) in [5.41, 5.74) is 8.49. The third-order valence-corrected chi connectivity index (χ3v) is 6.16. The van der Waals surface area contributed by atoms with E-state index in [-0.39, 0.29) is 5.41 Å². The fraction of sp³-hybridized carbons (Fsp3) is 0.120. The molecule has 4 aromatic rings. The van der Waals surface area contributed by atoms with Crippen LogP contribution in [0.15, 0.2) is 78.9 Å². The van der Waals surface area contributed by atoms with Crippen molar-refractivity contribution >= 4 is 22.6 Å². The highest BCUT2D eigenvalue weighted by Gasteiger charge is 2.35. The van der Waals surface area contributed by atoms with Gasteiger partial charge < -0.3 is 0 Å². The lowest BCUT2D eigenvalue weighted by Crippen LogP contribution is -2.15. The molecule has 0 radical (unpaired) electrons. The van der Waals surface area contributed by atoms with Crippen molar-refractivity contribution in [1.29, 1.82) is 0 Å². The second-order valence-corrected chi connectivity index (χ2v) is 8.80. The average molecular weight is 474 g/mol. The number of aromatic nitrogens is 2. The second kappa shape index (κ2) is 6.52. The van der Waals surface area contributed by atoms with Crippen LogP contribution in [0.1, 0.15) is 25.0 Å². The molecule has 3 aromatic carbocycles. The maximum absolute atomic E-state index is 4.88. The van der Waals surface area contributed by atoms with Gasteiger partial charge in [0.05, 0.1) is 5.69 Å². The van der Waals surface area contributed by atoms with Crippen molar-refractivity contribution in [2.24, 2.45) is 0 Å². The van der Waals surface area contributed by atoms with Crippen LogP contribution in [0.5, 0.6) is 0 Å². The van der Waals surface area contributed by atoms with Gasteiger partial charge in [0, 0.05) is 16.5 Å². The molecule has 0 saturated heterocycles. The molecule has 28 heavy (non-hydrogen) atoms. The van der Waals surface area contributed by atoms with Gasteiger partial charge in [-0.1, -0.05) is 80.6 Å². The number of halogens is 1. The molecule has 0 amide bonds. The van der Waals surface area contributed by atoms with Crippen LogP contribution in [-0.2, 0) is 5.41 Å². The predicted octanol–water partition coefficient (Wildman–Crippen LogP) is 6.72. The average Bonchev–Trinajstić information content (AvgIpc) is 2.95. The summed E-state index contributed by atoms with van der Waals surface area (Å²) in [5, 5.41) is 0. The van der Waals surface area contributed by atoms with Crippen LogP contribution in [0.4, 0.5) is 0 Å². The standard InChI is InChI=1S/C25H19IN2/c1-25(2)20-11-7-6-10-18(20)19-13-12-17(14-21(19)25)24-27-22(15-23(26)28-24)16-8-4-3-5-9-16/h3-15H,1-2H3. The number of rotatable bonds is 2. The summed E-state index contributed by atoms with van der Waals surface area (Å²) in [7, 11) is 0. The van der Waals surface area contributed by atoms with Crippen LogP contribution >= 0.6 is 22.6 Å². The van der Waals surface area contributed by atoms with Crippen molar-refractivity contribution in [1.82, 2.24) is 9.97 Å². The van der Waals surface area contributed by atoms with Gasteiger partial charge in [0.1, 0.15) is 3.70 Å². The maximum Gasteiger partial charge on any atom is 0.160 e. The van der Waals surface area contributed by atoms with Gasteiger partial charge in [-0.05, 0) is 57.0 Å². The molecule has 0 fully saturated rings. The third-order valence-electron chi connectivity index (χ3n) is 5.61. The fourth-order valence-electron chi connectivity index (χ4n) is 4.15. The first-order chi connectivity index (χ1) is 13.5. The summed E-state index contributed by atoms with van der Waals surface area (Å²) < 4.78 is 0.949. The Hall–Kier alpha value is -2.53. The molecule has 0 bridgehead atoms. The minimum atomic E-state index is -0.0217. The Morgan fingerprint density at radius 3 is 2.21 bits per heavy atom. The van der Waals surface area contributed by atoms with Gasteiger partial charge in [0.2, 0.25) is 0 Å². The Bertz CT molecular complexity index is 1200. The molecule has 136 valence electrons. The SMILES string of the molecule is CC1(C)c2ccccc2-c2ccc(-c3nc(I)cc(-c4ccccc4)n3)cc21. The lowest BCUT2D eigenvalue weighted by Gasteiger charge is -2.21. The molecule has 2 nitrogen and oxygen atoms in total. The summed E-state index contributed by atoms with van der Waals surface area (Å²) in [6, 6.07) is 27.7. The van der Waals surface area contributed by atoms with Gasteiger partial charge in [-0.2, -0.15) is 0 Å². The van der Waals surface area contributed by atoms with Crippen molar-refractivity contribution < 1.29 is 0 Å². The van der Waals surface area contributed by atoms with E-state index in [0.717, 1.165) is 26.3 Å². The van der Waals surface area contributed by atoms with Gasteiger partial charge in [-0.15, -0.1) is 0 Å². The summed E-state index contributed by atoms with van der Waals surface area (Å²) in [6.07, 6.45) is 0. The Kier molecular flexibility index (Phi) is 4.09. The minimum Gasteiger partial charge on any atom is -0.228 e. The van der Waals surface area contributed by atoms with Crippen molar-refractivity contribution in [3.05, 3.63) is 93.7 Å². The molecule has 1 aromatic heterocycles. The molecule has 0 atom stereocenters. The Morgan fingerprint density at radius 1 is 0.679 bits per heavy atom. The van der Waals surface area contributed by atoms with Crippen molar-refractivity contribution in [2.75, 3.05) is 0 Å². The zero-order valence-electron chi connectivity index (χ0n) is 15.8. The molecule has 0 saturated carbocycles. The van der Waals surface area contributed by atoms with E-state index in [1.54, 1.807) is 0 Å². The van der Waals surface area contributed by atoms with E-state index >= 15 is 0 Å². The first kappa shape index (κ1) is 17.6. The predicted molar refractivity (Wildman–Crippen MR) is 123 cm³/mol. The van der Waals surface area contributed by atoms with E-state index in [0.29, 0.717) is 0 Å². The van der Waals surface area contributed by atoms with E-state index in [1.165, 1.54) is 22.3 Å². The Balaban J connectivity index is 1.65. The highest BCUT2D eigenvalue weighted by Crippen LogP contribution is 2.49.